The fraction of sp³-hybridized carbons (Fsp3) is 0.640. The average Bonchev–Trinajstić information content (AvgIpc) is 2.67. The van der Waals surface area contributed by atoms with Gasteiger partial charge in [-0.2, -0.15) is 5.10 Å². The molecular weight excluding hydrogens is 376 g/mol. The van der Waals surface area contributed by atoms with Crippen LogP contribution in [0.4, 0.5) is 0 Å². The van der Waals surface area contributed by atoms with E-state index in [0.29, 0.717) is 18.6 Å². The Morgan fingerprint density at radius 3 is 2.17 bits per heavy atom. The van der Waals surface area contributed by atoms with E-state index in [0.717, 1.165) is 36.2 Å². The highest BCUT2D eigenvalue weighted by molar-refractivity contribution is 6.02. The van der Waals surface area contributed by atoms with Crippen LogP contribution in [0.15, 0.2) is 29.4 Å². The van der Waals surface area contributed by atoms with Crippen LogP contribution in [0.25, 0.3) is 0 Å². The van der Waals surface area contributed by atoms with E-state index in [1.165, 1.54) is 44.1 Å². The number of hydrogen-bond donors (Lipinski definition) is 2. The largest absolute Gasteiger partial charge is 0.481 e. The highest BCUT2D eigenvalue weighted by Crippen LogP contribution is 2.61. The van der Waals surface area contributed by atoms with Gasteiger partial charge in [-0.1, -0.05) is 37.6 Å². The van der Waals surface area contributed by atoms with Gasteiger partial charge in [0.1, 0.15) is 0 Å². The lowest BCUT2D eigenvalue weighted by molar-refractivity contribution is -0.136. The molecule has 1 aromatic carbocycles. The molecule has 0 aromatic heterocycles. The molecule has 4 aliphatic carbocycles. The molecule has 0 atom stereocenters. The molecule has 5 rings (SSSR count). The molecule has 0 heterocycles. The standard InChI is InChI=1S/C25H34N2O3/c1-2-3-17-4-6-21(7-5-17)22(8-9-24(29)30)26-27-23(28)16-25-13-18-10-19(14-25)12-20(11-18)15-25/h4-7,18-20H,2-3,8-16H2,1H3,(H,27,28)(H,29,30)/b26-22+. The molecule has 5 nitrogen and oxygen atoms in total. The summed E-state index contributed by atoms with van der Waals surface area (Å²) < 4.78 is 0. The summed E-state index contributed by atoms with van der Waals surface area (Å²) in [7, 11) is 0. The number of carboxylic acids is 1. The van der Waals surface area contributed by atoms with E-state index in [-0.39, 0.29) is 17.7 Å². The number of nitrogens with zero attached hydrogens (tertiary/aromatic N) is 1. The van der Waals surface area contributed by atoms with Crippen molar-refractivity contribution in [3.05, 3.63) is 35.4 Å². The summed E-state index contributed by atoms with van der Waals surface area (Å²) in [5.74, 6) is 1.58. The molecule has 4 saturated carbocycles. The summed E-state index contributed by atoms with van der Waals surface area (Å²) in [5, 5.41) is 13.5. The molecule has 0 aliphatic heterocycles. The number of aliphatic carboxylic acids is 1. The molecule has 4 fully saturated rings. The van der Waals surface area contributed by atoms with Crippen LogP contribution in [-0.4, -0.2) is 22.7 Å². The zero-order chi connectivity index (χ0) is 21.1. The second-order valence-electron chi connectivity index (χ2n) is 10.0. The number of hydrogen-bond acceptors (Lipinski definition) is 3. The topological polar surface area (TPSA) is 78.8 Å². The summed E-state index contributed by atoms with van der Waals surface area (Å²) >= 11 is 0. The van der Waals surface area contributed by atoms with Gasteiger partial charge in [-0.15, -0.1) is 0 Å². The predicted molar refractivity (Wildman–Crippen MR) is 117 cm³/mol. The van der Waals surface area contributed by atoms with Gasteiger partial charge in [0.15, 0.2) is 0 Å². The van der Waals surface area contributed by atoms with Crippen molar-refractivity contribution in [3.63, 3.8) is 0 Å². The fourth-order valence-corrected chi connectivity index (χ4v) is 6.66. The molecule has 0 spiro atoms. The second-order valence-corrected chi connectivity index (χ2v) is 10.0. The number of aryl methyl sites for hydroxylation is 1. The van der Waals surface area contributed by atoms with Crippen molar-refractivity contribution < 1.29 is 14.7 Å². The molecule has 1 amide bonds. The van der Waals surface area contributed by atoms with Gasteiger partial charge >= 0.3 is 5.97 Å². The third-order valence-electron chi connectivity index (χ3n) is 7.42. The zero-order valence-electron chi connectivity index (χ0n) is 18.0. The van der Waals surface area contributed by atoms with E-state index < -0.39 is 5.97 Å². The maximum Gasteiger partial charge on any atom is 0.303 e. The molecule has 30 heavy (non-hydrogen) atoms. The Hall–Kier alpha value is -2.17. The van der Waals surface area contributed by atoms with Gasteiger partial charge in [-0.05, 0) is 79.2 Å². The molecule has 5 heteroatoms. The summed E-state index contributed by atoms with van der Waals surface area (Å²) in [4.78, 5) is 23.9. The van der Waals surface area contributed by atoms with Gasteiger partial charge in [-0.25, -0.2) is 5.43 Å². The van der Waals surface area contributed by atoms with Crippen LogP contribution in [-0.2, 0) is 16.0 Å². The SMILES string of the molecule is CCCc1ccc(/C(CCC(=O)O)=N/NC(=O)CC23CC4CC(CC(C4)C2)C3)cc1. The minimum atomic E-state index is -0.856. The van der Waals surface area contributed by atoms with Crippen LogP contribution in [0.2, 0.25) is 0 Å². The number of nitrogens with one attached hydrogen (secondary N) is 1. The van der Waals surface area contributed by atoms with E-state index in [4.69, 9.17) is 5.11 Å². The lowest BCUT2D eigenvalue weighted by atomic mass is 9.49. The third kappa shape index (κ3) is 4.93. The maximum atomic E-state index is 12.8. The molecular formula is C25H34N2O3. The Morgan fingerprint density at radius 2 is 1.63 bits per heavy atom. The Balaban J connectivity index is 1.42. The van der Waals surface area contributed by atoms with Crippen molar-refractivity contribution in [2.24, 2.45) is 28.3 Å². The monoisotopic (exact) mass is 410 g/mol. The van der Waals surface area contributed by atoms with Crippen molar-refractivity contribution in [1.29, 1.82) is 0 Å². The van der Waals surface area contributed by atoms with Crippen LogP contribution < -0.4 is 5.43 Å². The van der Waals surface area contributed by atoms with E-state index in [2.05, 4.69) is 29.6 Å². The fourth-order valence-electron chi connectivity index (χ4n) is 6.66. The lowest BCUT2D eigenvalue weighted by Crippen LogP contribution is -2.47. The van der Waals surface area contributed by atoms with Crippen molar-refractivity contribution in [3.8, 4) is 0 Å². The van der Waals surface area contributed by atoms with Gasteiger partial charge in [-0.3, -0.25) is 9.59 Å². The van der Waals surface area contributed by atoms with Crippen LogP contribution >= 0.6 is 0 Å². The van der Waals surface area contributed by atoms with Crippen molar-refractivity contribution in [2.75, 3.05) is 0 Å². The van der Waals surface area contributed by atoms with Gasteiger partial charge < -0.3 is 5.11 Å². The highest BCUT2D eigenvalue weighted by atomic mass is 16.4. The van der Waals surface area contributed by atoms with Crippen LogP contribution in [0, 0.1) is 23.2 Å². The highest BCUT2D eigenvalue weighted by Gasteiger charge is 2.51. The number of hydrazone groups is 1. The molecule has 0 radical (unpaired) electrons. The molecule has 1 aromatic rings. The smallest absolute Gasteiger partial charge is 0.303 e. The summed E-state index contributed by atoms with van der Waals surface area (Å²) in [5.41, 5.74) is 5.73. The van der Waals surface area contributed by atoms with Crippen LogP contribution in [0.5, 0.6) is 0 Å². The zero-order valence-corrected chi connectivity index (χ0v) is 18.0. The second kappa shape index (κ2) is 8.91. The van der Waals surface area contributed by atoms with Gasteiger partial charge in [0, 0.05) is 12.8 Å². The quantitative estimate of drug-likeness (QED) is 0.447. The first-order valence-electron chi connectivity index (χ1n) is 11.6. The first-order valence-corrected chi connectivity index (χ1v) is 11.6. The normalized spacial score (nSPS) is 29.8. The number of carbonyl (C=O) groups is 2. The molecule has 162 valence electrons. The summed E-state index contributed by atoms with van der Waals surface area (Å²) in [6.07, 6.45) is 10.7. The number of carboxylic acid groups (broad SMARTS) is 1. The first-order chi connectivity index (χ1) is 14.4. The first kappa shape index (κ1) is 21.1. The van der Waals surface area contributed by atoms with E-state index in [1.54, 1.807) is 0 Å². The van der Waals surface area contributed by atoms with Gasteiger partial charge in [0.25, 0.3) is 0 Å². The Labute approximate surface area is 179 Å². The van der Waals surface area contributed by atoms with Gasteiger partial charge in [0.2, 0.25) is 5.91 Å². The Morgan fingerprint density at radius 1 is 1.03 bits per heavy atom. The molecule has 0 saturated heterocycles. The number of carbonyl (C=O) groups excluding carboxylic acids is 1. The molecule has 0 unspecified atom stereocenters. The van der Waals surface area contributed by atoms with Crippen LogP contribution in [0.1, 0.15) is 82.3 Å². The van der Waals surface area contributed by atoms with E-state index in [9.17, 15) is 9.59 Å². The minimum Gasteiger partial charge on any atom is -0.481 e. The Bertz CT molecular complexity index is 777. The molecule has 4 aliphatic rings. The third-order valence-corrected chi connectivity index (χ3v) is 7.42. The Kier molecular flexibility index (Phi) is 6.26. The minimum absolute atomic E-state index is 0.000390. The molecule has 2 N–H and O–H groups in total. The van der Waals surface area contributed by atoms with Crippen molar-refractivity contribution in [1.82, 2.24) is 5.43 Å². The van der Waals surface area contributed by atoms with Crippen molar-refractivity contribution in [2.45, 2.75) is 77.6 Å². The van der Waals surface area contributed by atoms with Gasteiger partial charge in [0.05, 0.1) is 12.1 Å². The molecule has 4 bridgehead atoms. The van der Waals surface area contributed by atoms with E-state index >= 15 is 0 Å². The summed E-state index contributed by atoms with van der Waals surface area (Å²) in [6, 6.07) is 8.09. The summed E-state index contributed by atoms with van der Waals surface area (Å²) in [6.45, 7) is 2.15. The maximum absolute atomic E-state index is 12.8. The lowest BCUT2D eigenvalue weighted by Gasteiger charge is -2.56. The number of benzene rings is 1. The number of amides is 1. The number of rotatable bonds is 9. The predicted octanol–water partition coefficient (Wildman–Crippen LogP) is 4.93. The van der Waals surface area contributed by atoms with Crippen molar-refractivity contribution >= 4 is 17.6 Å². The van der Waals surface area contributed by atoms with E-state index in [1.807, 2.05) is 12.1 Å². The average molecular weight is 411 g/mol. The van der Waals surface area contributed by atoms with Crippen LogP contribution in [0.3, 0.4) is 0 Å².